The van der Waals surface area contributed by atoms with E-state index in [2.05, 4.69) is 25.3 Å². The average Bonchev–Trinajstić information content (AvgIpc) is 2.71. The van der Waals surface area contributed by atoms with E-state index in [1.165, 1.54) is 0 Å². The van der Waals surface area contributed by atoms with Gasteiger partial charge in [-0.3, -0.25) is 9.59 Å². The van der Waals surface area contributed by atoms with E-state index in [9.17, 15) is 22.8 Å². The van der Waals surface area contributed by atoms with Gasteiger partial charge in [-0.25, -0.2) is 15.0 Å². The maximum atomic E-state index is 13.0. The molecule has 1 amide bonds. The Kier molecular flexibility index (Phi) is 6.40. The van der Waals surface area contributed by atoms with E-state index in [0.29, 0.717) is 11.1 Å². The summed E-state index contributed by atoms with van der Waals surface area (Å²) in [4.78, 5) is 37.9. The van der Waals surface area contributed by atoms with Crippen LogP contribution in [0.3, 0.4) is 0 Å². The summed E-state index contributed by atoms with van der Waals surface area (Å²) in [5.74, 6) is -0.634. The van der Waals surface area contributed by atoms with E-state index in [4.69, 9.17) is 11.6 Å². The van der Waals surface area contributed by atoms with Crippen molar-refractivity contribution < 1.29 is 18.0 Å². The highest BCUT2D eigenvalue weighted by molar-refractivity contribution is 6.33. The van der Waals surface area contributed by atoms with E-state index in [0.717, 1.165) is 18.3 Å². The Bertz CT molecular complexity index is 1180. The molecule has 3 rings (SSSR count). The number of hydrogen-bond donors (Lipinski definition) is 2. The monoisotopic (exact) mass is 451 g/mol. The molecule has 2 aromatic heterocycles. The van der Waals surface area contributed by atoms with Gasteiger partial charge in [0.1, 0.15) is 17.2 Å². The molecule has 3 aromatic rings. The summed E-state index contributed by atoms with van der Waals surface area (Å²) in [5.41, 5.74) is -0.877. The largest absolute Gasteiger partial charge is 0.433 e. The zero-order valence-electron chi connectivity index (χ0n) is 16.4. The summed E-state index contributed by atoms with van der Waals surface area (Å²) in [5, 5.41) is 3.02. The third-order valence-corrected chi connectivity index (χ3v) is 4.52. The summed E-state index contributed by atoms with van der Waals surface area (Å²) in [6.45, 7) is 3.75. The number of amides is 1. The Labute approximate surface area is 179 Å². The van der Waals surface area contributed by atoms with Crippen LogP contribution in [0.4, 0.5) is 13.2 Å². The van der Waals surface area contributed by atoms with Gasteiger partial charge in [-0.1, -0.05) is 31.5 Å². The quantitative estimate of drug-likeness (QED) is 0.614. The molecule has 1 aromatic carbocycles. The summed E-state index contributed by atoms with van der Waals surface area (Å²) in [6, 6.07) is 6.62. The number of rotatable bonds is 5. The van der Waals surface area contributed by atoms with Crippen LogP contribution in [0.2, 0.25) is 5.02 Å². The van der Waals surface area contributed by atoms with Crippen LogP contribution >= 0.6 is 11.6 Å². The number of hydrogen-bond acceptors (Lipinski definition) is 5. The second-order valence-electron chi connectivity index (χ2n) is 6.93. The van der Waals surface area contributed by atoms with E-state index in [1.807, 2.05) is 0 Å². The summed E-state index contributed by atoms with van der Waals surface area (Å²) in [7, 11) is 0. The van der Waals surface area contributed by atoms with Crippen molar-refractivity contribution >= 4 is 17.5 Å². The molecule has 0 fully saturated rings. The molecule has 31 heavy (non-hydrogen) atoms. The summed E-state index contributed by atoms with van der Waals surface area (Å²) in [6.07, 6.45) is -3.72. The van der Waals surface area contributed by atoms with Crippen LogP contribution in [0.15, 0.2) is 41.3 Å². The van der Waals surface area contributed by atoms with Crippen molar-refractivity contribution in [3.8, 4) is 22.9 Å². The van der Waals surface area contributed by atoms with Crippen molar-refractivity contribution in [2.45, 2.75) is 26.6 Å². The number of carbonyl (C=O) groups excluding carboxylic acids is 1. The van der Waals surface area contributed by atoms with Gasteiger partial charge in [0.15, 0.2) is 5.82 Å². The SMILES string of the molecule is CC(C)C(=O)NCc1ccc(Cl)c(-c2nc(-c3nccc(C(F)(F)F)n3)cc(=O)[nH]2)c1. The number of halogens is 4. The van der Waals surface area contributed by atoms with Crippen LogP contribution in [-0.2, 0) is 17.5 Å². The molecule has 0 saturated carbocycles. The standard InChI is InChI=1S/C20H17ClF3N5O2/c1-10(2)19(31)26-9-11-3-4-13(21)12(7-11)17-27-14(8-16(30)29-17)18-25-6-5-15(28-18)20(22,23)24/h3-8,10H,9H2,1-2H3,(H,26,31)(H,27,29,30). The van der Waals surface area contributed by atoms with Gasteiger partial charge in [0.05, 0.1) is 5.02 Å². The van der Waals surface area contributed by atoms with E-state index in [-0.39, 0.29) is 40.7 Å². The molecule has 0 saturated heterocycles. The minimum Gasteiger partial charge on any atom is -0.352 e. The van der Waals surface area contributed by atoms with E-state index < -0.39 is 17.4 Å². The lowest BCUT2D eigenvalue weighted by atomic mass is 10.1. The van der Waals surface area contributed by atoms with Gasteiger partial charge in [0.2, 0.25) is 5.91 Å². The lowest BCUT2D eigenvalue weighted by Gasteiger charge is -2.11. The minimum absolute atomic E-state index is 0.0329. The number of alkyl halides is 3. The minimum atomic E-state index is -4.67. The molecule has 0 aliphatic heterocycles. The van der Waals surface area contributed by atoms with Crippen molar-refractivity contribution in [3.05, 3.63) is 63.2 Å². The summed E-state index contributed by atoms with van der Waals surface area (Å²) < 4.78 is 38.9. The fourth-order valence-corrected chi connectivity index (χ4v) is 2.80. The molecule has 0 radical (unpaired) electrons. The zero-order chi connectivity index (χ0) is 22.8. The van der Waals surface area contributed by atoms with Crippen LogP contribution in [0.25, 0.3) is 22.9 Å². The number of nitrogens with zero attached hydrogens (tertiary/aromatic N) is 3. The second-order valence-corrected chi connectivity index (χ2v) is 7.34. The molecule has 0 bridgehead atoms. The van der Waals surface area contributed by atoms with Gasteiger partial charge in [-0.05, 0) is 23.8 Å². The fraction of sp³-hybridized carbons (Fsp3) is 0.250. The first-order valence-electron chi connectivity index (χ1n) is 9.13. The van der Waals surface area contributed by atoms with Gasteiger partial charge in [-0.15, -0.1) is 0 Å². The highest BCUT2D eigenvalue weighted by Crippen LogP contribution is 2.29. The maximum Gasteiger partial charge on any atom is 0.433 e. The lowest BCUT2D eigenvalue weighted by Crippen LogP contribution is -2.27. The number of carbonyl (C=O) groups is 1. The van der Waals surface area contributed by atoms with E-state index in [1.54, 1.807) is 32.0 Å². The van der Waals surface area contributed by atoms with Crippen LogP contribution in [0, 0.1) is 5.92 Å². The van der Waals surface area contributed by atoms with Gasteiger partial charge < -0.3 is 10.3 Å². The third kappa shape index (κ3) is 5.46. The third-order valence-electron chi connectivity index (χ3n) is 4.19. The van der Waals surface area contributed by atoms with E-state index >= 15 is 0 Å². The molecule has 0 aliphatic carbocycles. The molecule has 2 heterocycles. The first-order valence-corrected chi connectivity index (χ1v) is 9.51. The molecule has 0 spiro atoms. The predicted octanol–water partition coefficient (Wildman–Crippen LogP) is 3.84. The Balaban J connectivity index is 2.00. The van der Waals surface area contributed by atoms with Crippen molar-refractivity contribution in [2.24, 2.45) is 5.92 Å². The zero-order valence-corrected chi connectivity index (χ0v) is 17.2. The first-order chi connectivity index (χ1) is 14.5. The second kappa shape index (κ2) is 8.84. The lowest BCUT2D eigenvalue weighted by molar-refractivity contribution is -0.141. The van der Waals surface area contributed by atoms with Gasteiger partial charge in [0, 0.05) is 30.3 Å². The van der Waals surface area contributed by atoms with Crippen molar-refractivity contribution in [1.29, 1.82) is 0 Å². The first kappa shape index (κ1) is 22.4. The molecule has 11 heteroatoms. The molecule has 7 nitrogen and oxygen atoms in total. The average molecular weight is 452 g/mol. The molecule has 0 atom stereocenters. The highest BCUT2D eigenvalue weighted by Gasteiger charge is 2.33. The normalized spacial score (nSPS) is 11.6. The number of aromatic nitrogens is 4. The van der Waals surface area contributed by atoms with Gasteiger partial charge >= 0.3 is 6.18 Å². The Morgan fingerprint density at radius 1 is 1.19 bits per heavy atom. The van der Waals surface area contributed by atoms with Crippen LogP contribution in [0.5, 0.6) is 0 Å². The van der Waals surface area contributed by atoms with Gasteiger partial charge in [0.25, 0.3) is 5.56 Å². The van der Waals surface area contributed by atoms with Crippen LogP contribution in [0.1, 0.15) is 25.1 Å². The molecule has 2 N–H and O–H groups in total. The van der Waals surface area contributed by atoms with Crippen molar-refractivity contribution in [3.63, 3.8) is 0 Å². The smallest absolute Gasteiger partial charge is 0.352 e. The Hall–Kier alpha value is -3.27. The fourth-order valence-electron chi connectivity index (χ4n) is 2.60. The maximum absolute atomic E-state index is 13.0. The molecular weight excluding hydrogens is 435 g/mol. The summed E-state index contributed by atoms with van der Waals surface area (Å²) >= 11 is 6.25. The van der Waals surface area contributed by atoms with Gasteiger partial charge in [-0.2, -0.15) is 13.2 Å². The van der Waals surface area contributed by atoms with Crippen molar-refractivity contribution in [2.75, 3.05) is 0 Å². The van der Waals surface area contributed by atoms with Crippen LogP contribution in [-0.4, -0.2) is 25.8 Å². The molecular formula is C20H17ClF3N5O2. The number of aromatic amines is 1. The Morgan fingerprint density at radius 2 is 1.94 bits per heavy atom. The topological polar surface area (TPSA) is 101 Å². The number of benzene rings is 1. The molecule has 0 aliphatic rings. The highest BCUT2D eigenvalue weighted by atomic mass is 35.5. The number of H-pyrrole nitrogens is 1. The van der Waals surface area contributed by atoms with Crippen LogP contribution < -0.4 is 10.9 Å². The molecule has 0 unspecified atom stereocenters. The predicted molar refractivity (Wildman–Crippen MR) is 108 cm³/mol. The Morgan fingerprint density at radius 3 is 2.61 bits per heavy atom. The number of nitrogens with one attached hydrogen (secondary N) is 2. The van der Waals surface area contributed by atoms with Crippen molar-refractivity contribution in [1.82, 2.24) is 25.3 Å². The molecule has 162 valence electrons.